The molecule has 0 saturated heterocycles. The Bertz CT molecular complexity index is 338. The van der Waals surface area contributed by atoms with Gasteiger partial charge in [-0.1, -0.05) is 11.6 Å². The molecule has 0 bridgehead atoms. The van der Waals surface area contributed by atoms with Crippen molar-refractivity contribution in [3.8, 4) is 0 Å². The predicted molar refractivity (Wildman–Crippen MR) is 63.6 cm³/mol. The number of nitrogens with zero attached hydrogens (tertiary/aromatic N) is 3. The number of nitrogens with one attached hydrogen (secondary N) is 1. The number of aromatic nitrogens is 2. The van der Waals surface area contributed by atoms with E-state index < -0.39 is 0 Å². The summed E-state index contributed by atoms with van der Waals surface area (Å²) in [5.74, 6) is 1.52. The minimum atomic E-state index is 0.523. The average molecular weight is 229 g/mol. The smallest absolute Gasteiger partial charge is 0.137 e. The molecular weight excluding hydrogens is 212 g/mol. The van der Waals surface area contributed by atoms with Crippen LogP contribution in [0.1, 0.15) is 11.4 Å². The molecule has 0 saturated carbocycles. The summed E-state index contributed by atoms with van der Waals surface area (Å²) < 4.78 is 0. The van der Waals surface area contributed by atoms with Crippen molar-refractivity contribution < 1.29 is 0 Å². The van der Waals surface area contributed by atoms with Crippen molar-refractivity contribution in [3.63, 3.8) is 0 Å². The second-order valence-corrected chi connectivity index (χ2v) is 4.12. The molecular formula is C10H17ClN4. The van der Waals surface area contributed by atoms with Crippen LogP contribution in [0, 0.1) is 13.8 Å². The fourth-order valence-corrected chi connectivity index (χ4v) is 1.38. The van der Waals surface area contributed by atoms with Gasteiger partial charge in [0.2, 0.25) is 0 Å². The summed E-state index contributed by atoms with van der Waals surface area (Å²) in [7, 11) is 4.07. The van der Waals surface area contributed by atoms with Gasteiger partial charge < -0.3 is 10.2 Å². The Morgan fingerprint density at radius 3 is 2.53 bits per heavy atom. The molecule has 0 radical (unpaired) electrons. The third-order valence-corrected chi connectivity index (χ3v) is 2.42. The van der Waals surface area contributed by atoms with E-state index in [1.807, 2.05) is 27.9 Å². The Kier molecular flexibility index (Phi) is 4.29. The van der Waals surface area contributed by atoms with Gasteiger partial charge in [0.15, 0.2) is 0 Å². The number of aryl methyl sites for hydroxylation is 1. The average Bonchev–Trinajstić information content (AvgIpc) is 2.12. The van der Waals surface area contributed by atoms with Crippen LogP contribution in [-0.2, 0) is 0 Å². The van der Waals surface area contributed by atoms with Crippen LogP contribution in [0.15, 0.2) is 0 Å². The van der Waals surface area contributed by atoms with E-state index in [-0.39, 0.29) is 0 Å². The van der Waals surface area contributed by atoms with Gasteiger partial charge in [0.1, 0.15) is 16.8 Å². The molecule has 0 atom stereocenters. The highest BCUT2D eigenvalue weighted by molar-refractivity contribution is 6.30. The van der Waals surface area contributed by atoms with Crippen LogP contribution in [0.5, 0.6) is 0 Å². The molecule has 1 N–H and O–H groups in total. The summed E-state index contributed by atoms with van der Waals surface area (Å²) in [6.45, 7) is 5.56. The molecule has 0 unspecified atom stereocenters. The van der Waals surface area contributed by atoms with Gasteiger partial charge in [-0.15, -0.1) is 0 Å². The molecule has 0 aliphatic carbocycles. The van der Waals surface area contributed by atoms with E-state index in [0.717, 1.165) is 24.5 Å². The minimum absolute atomic E-state index is 0.523. The van der Waals surface area contributed by atoms with Crippen LogP contribution in [-0.4, -0.2) is 42.1 Å². The van der Waals surface area contributed by atoms with E-state index >= 15 is 0 Å². The van der Waals surface area contributed by atoms with E-state index in [4.69, 9.17) is 11.6 Å². The van der Waals surface area contributed by atoms with Gasteiger partial charge in [-0.2, -0.15) is 0 Å². The van der Waals surface area contributed by atoms with Gasteiger partial charge in [0.05, 0.1) is 0 Å². The molecule has 0 aromatic carbocycles. The van der Waals surface area contributed by atoms with E-state index in [9.17, 15) is 0 Å². The van der Waals surface area contributed by atoms with Crippen LogP contribution in [0.4, 0.5) is 5.82 Å². The van der Waals surface area contributed by atoms with Crippen LogP contribution in [0.25, 0.3) is 0 Å². The van der Waals surface area contributed by atoms with E-state index in [1.165, 1.54) is 0 Å². The highest BCUT2D eigenvalue weighted by Gasteiger charge is 2.06. The first kappa shape index (κ1) is 12.2. The number of hydrogen-bond donors (Lipinski definition) is 1. The number of rotatable bonds is 4. The maximum Gasteiger partial charge on any atom is 0.137 e. The van der Waals surface area contributed by atoms with E-state index in [1.54, 1.807) is 0 Å². The topological polar surface area (TPSA) is 41.1 Å². The lowest BCUT2D eigenvalue weighted by Gasteiger charge is -2.13. The summed E-state index contributed by atoms with van der Waals surface area (Å²) in [6, 6.07) is 0. The molecule has 5 heteroatoms. The second kappa shape index (κ2) is 5.28. The Labute approximate surface area is 95.7 Å². The number of halogens is 1. The first-order chi connectivity index (χ1) is 7.00. The molecule has 0 spiro atoms. The third kappa shape index (κ3) is 3.64. The van der Waals surface area contributed by atoms with E-state index in [2.05, 4.69) is 20.2 Å². The lowest BCUT2D eigenvalue weighted by molar-refractivity contribution is 0.425. The summed E-state index contributed by atoms with van der Waals surface area (Å²) in [4.78, 5) is 10.5. The zero-order valence-electron chi connectivity index (χ0n) is 9.63. The molecule has 1 heterocycles. The van der Waals surface area contributed by atoms with Gasteiger partial charge in [-0.25, -0.2) is 9.97 Å². The van der Waals surface area contributed by atoms with Gasteiger partial charge in [-0.05, 0) is 27.9 Å². The molecule has 0 amide bonds. The lowest BCUT2D eigenvalue weighted by Crippen LogP contribution is -2.21. The largest absolute Gasteiger partial charge is 0.368 e. The standard InChI is InChI=1S/C10H17ClN4/c1-7-9(11)13-8(2)14-10(7)12-5-6-15(3)4/h5-6H2,1-4H3,(H,12,13,14). The Morgan fingerprint density at radius 1 is 1.27 bits per heavy atom. The molecule has 1 aromatic rings. The highest BCUT2D eigenvalue weighted by atomic mass is 35.5. The van der Waals surface area contributed by atoms with Gasteiger partial charge in [0.25, 0.3) is 0 Å². The van der Waals surface area contributed by atoms with Crippen LogP contribution in [0.3, 0.4) is 0 Å². The highest BCUT2D eigenvalue weighted by Crippen LogP contribution is 2.19. The Hall–Kier alpha value is -0.870. The minimum Gasteiger partial charge on any atom is -0.368 e. The Morgan fingerprint density at radius 2 is 1.93 bits per heavy atom. The maximum absolute atomic E-state index is 5.96. The molecule has 0 fully saturated rings. The van der Waals surface area contributed by atoms with Crippen molar-refractivity contribution in [3.05, 3.63) is 16.5 Å². The third-order valence-electron chi connectivity index (χ3n) is 2.05. The van der Waals surface area contributed by atoms with Crippen LogP contribution >= 0.6 is 11.6 Å². The normalized spacial score (nSPS) is 10.8. The molecule has 0 aliphatic rings. The SMILES string of the molecule is Cc1nc(Cl)c(C)c(NCCN(C)C)n1. The first-order valence-electron chi connectivity index (χ1n) is 4.90. The van der Waals surface area contributed by atoms with Crippen molar-refractivity contribution >= 4 is 17.4 Å². The summed E-state index contributed by atoms with van der Waals surface area (Å²) >= 11 is 5.96. The molecule has 15 heavy (non-hydrogen) atoms. The van der Waals surface area contributed by atoms with Gasteiger partial charge >= 0.3 is 0 Å². The first-order valence-corrected chi connectivity index (χ1v) is 5.28. The Balaban J connectivity index is 2.68. The number of anilines is 1. The fraction of sp³-hybridized carbons (Fsp3) is 0.600. The maximum atomic E-state index is 5.96. The zero-order valence-corrected chi connectivity index (χ0v) is 10.4. The lowest BCUT2D eigenvalue weighted by atomic mass is 10.3. The quantitative estimate of drug-likeness (QED) is 0.797. The van der Waals surface area contributed by atoms with Crippen molar-refractivity contribution in [1.29, 1.82) is 0 Å². The molecule has 4 nitrogen and oxygen atoms in total. The fourth-order valence-electron chi connectivity index (χ4n) is 1.16. The summed E-state index contributed by atoms with van der Waals surface area (Å²) in [5, 5.41) is 3.77. The number of hydrogen-bond acceptors (Lipinski definition) is 4. The van der Waals surface area contributed by atoms with Crippen molar-refractivity contribution in [1.82, 2.24) is 14.9 Å². The van der Waals surface area contributed by atoms with Crippen LogP contribution in [0.2, 0.25) is 5.15 Å². The van der Waals surface area contributed by atoms with Crippen molar-refractivity contribution in [2.45, 2.75) is 13.8 Å². The number of likely N-dealkylation sites (N-methyl/N-ethyl adjacent to an activating group) is 1. The summed E-state index contributed by atoms with van der Waals surface area (Å²) in [6.07, 6.45) is 0. The monoisotopic (exact) mass is 228 g/mol. The van der Waals surface area contributed by atoms with Crippen LogP contribution < -0.4 is 5.32 Å². The van der Waals surface area contributed by atoms with Gasteiger partial charge in [-0.3, -0.25) is 0 Å². The second-order valence-electron chi connectivity index (χ2n) is 3.77. The predicted octanol–water partition coefficient (Wildman–Crippen LogP) is 1.72. The zero-order chi connectivity index (χ0) is 11.4. The molecule has 1 aromatic heterocycles. The summed E-state index contributed by atoms with van der Waals surface area (Å²) in [5.41, 5.74) is 0.904. The van der Waals surface area contributed by atoms with Crippen molar-refractivity contribution in [2.75, 3.05) is 32.5 Å². The van der Waals surface area contributed by atoms with Crippen molar-refractivity contribution in [2.24, 2.45) is 0 Å². The molecule has 84 valence electrons. The molecule has 1 rings (SSSR count). The molecule has 0 aliphatic heterocycles. The van der Waals surface area contributed by atoms with Gasteiger partial charge in [0, 0.05) is 18.7 Å². The van der Waals surface area contributed by atoms with E-state index in [0.29, 0.717) is 11.0 Å².